The molecule has 4 rings (SSSR count). The summed E-state index contributed by atoms with van der Waals surface area (Å²) in [5.74, 6) is 0.113. The van der Waals surface area contributed by atoms with Gasteiger partial charge in [-0.1, -0.05) is 41.4 Å². The van der Waals surface area contributed by atoms with Crippen molar-refractivity contribution in [2.45, 2.75) is 4.90 Å². The van der Waals surface area contributed by atoms with E-state index in [1.807, 2.05) is 0 Å². The van der Waals surface area contributed by atoms with Crippen LogP contribution in [-0.4, -0.2) is 37.6 Å². The first kappa shape index (κ1) is 30.7. The van der Waals surface area contributed by atoms with Crippen LogP contribution in [0.5, 0.6) is 11.5 Å². The highest BCUT2D eigenvalue weighted by Crippen LogP contribution is 2.28. The second-order valence-corrected chi connectivity index (χ2v) is 10.7. The molecule has 214 valence electrons. The van der Waals surface area contributed by atoms with Gasteiger partial charge in [0.15, 0.2) is 5.78 Å². The number of halogens is 2. The Morgan fingerprint density at radius 3 is 2.26 bits per heavy atom. The third kappa shape index (κ3) is 8.16. The summed E-state index contributed by atoms with van der Waals surface area (Å²) in [5, 5.41) is 6.30. The lowest BCUT2D eigenvalue weighted by molar-refractivity contribution is -0.113. The molecule has 0 aliphatic rings. The third-order valence-electron chi connectivity index (χ3n) is 5.98. The summed E-state index contributed by atoms with van der Waals surface area (Å²) in [6, 6.07) is 25.5. The Labute approximate surface area is 257 Å². The van der Waals surface area contributed by atoms with Gasteiger partial charge in [0.1, 0.15) is 17.2 Å². The maximum Gasteiger partial charge on any atom is 0.272 e. The summed E-state index contributed by atoms with van der Waals surface area (Å²) in [6.07, 6.45) is 1.53. The van der Waals surface area contributed by atoms with E-state index in [4.69, 9.17) is 32.7 Å². The average molecular weight is 622 g/mol. The molecule has 0 heterocycles. The summed E-state index contributed by atoms with van der Waals surface area (Å²) in [4.78, 5) is 39.7. The molecule has 0 atom stereocenters. The topological polar surface area (TPSA) is 93.7 Å². The van der Waals surface area contributed by atoms with E-state index in [0.717, 1.165) is 4.90 Å². The molecule has 4 aromatic rings. The predicted molar refractivity (Wildman–Crippen MR) is 168 cm³/mol. The van der Waals surface area contributed by atoms with Crippen molar-refractivity contribution in [2.24, 2.45) is 0 Å². The number of amides is 2. The number of methoxy groups -OCH3 is 2. The van der Waals surface area contributed by atoms with E-state index < -0.39 is 11.8 Å². The molecule has 0 radical (unpaired) electrons. The number of Topliss-reactive ketones (excluding diaryl/α,β-unsaturated/α-hetero) is 1. The molecule has 0 spiro atoms. The summed E-state index contributed by atoms with van der Waals surface area (Å²) >= 11 is 13.4. The number of ether oxygens (including phenoxy) is 2. The highest BCUT2D eigenvalue weighted by molar-refractivity contribution is 8.00. The van der Waals surface area contributed by atoms with Gasteiger partial charge in [-0.15, -0.1) is 11.8 Å². The Morgan fingerprint density at radius 2 is 1.60 bits per heavy atom. The largest absolute Gasteiger partial charge is 0.497 e. The zero-order chi connectivity index (χ0) is 30.1. The molecule has 0 aliphatic heterocycles. The van der Waals surface area contributed by atoms with E-state index in [2.05, 4.69) is 10.6 Å². The molecule has 0 unspecified atom stereocenters. The van der Waals surface area contributed by atoms with Crippen LogP contribution < -0.4 is 20.1 Å². The van der Waals surface area contributed by atoms with Gasteiger partial charge >= 0.3 is 0 Å². The normalized spacial score (nSPS) is 11.0. The van der Waals surface area contributed by atoms with Crippen LogP contribution in [0.3, 0.4) is 0 Å². The van der Waals surface area contributed by atoms with Crippen LogP contribution in [0.25, 0.3) is 6.08 Å². The van der Waals surface area contributed by atoms with E-state index in [9.17, 15) is 14.4 Å². The highest BCUT2D eigenvalue weighted by atomic mass is 35.5. The van der Waals surface area contributed by atoms with Gasteiger partial charge in [-0.3, -0.25) is 14.4 Å². The van der Waals surface area contributed by atoms with Gasteiger partial charge in [-0.05, 0) is 72.8 Å². The van der Waals surface area contributed by atoms with Crippen LogP contribution in [-0.2, 0) is 4.79 Å². The Balaban J connectivity index is 1.49. The molecule has 7 nitrogen and oxygen atoms in total. The van der Waals surface area contributed by atoms with Crippen molar-refractivity contribution in [3.05, 3.63) is 123 Å². The molecule has 0 saturated heterocycles. The number of carbonyl (C=O) groups excluding carboxylic acids is 3. The minimum Gasteiger partial charge on any atom is -0.497 e. The zero-order valence-corrected chi connectivity index (χ0v) is 25.0. The molecular formula is C32H26Cl2N2O5S. The average Bonchev–Trinajstić information content (AvgIpc) is 3.00. The van der Waals surface area contributed by atoms with Crippen molar-refractivity contribution in [2.75, 3.05) is 25.3 Å². The van der Waals surface area contributed by atoms with Gasteiger partial charge in [0.05, 0.1) is 25.0 Å². The number of thioether (sulfide) groups is 1. The fourth-order valence-electron chi connectivity index (χ4n) is 3.81. The lowest BCUT2D eigenvalue weighted by Crippen LogP contribution is -2.30. The van der Waals surface area contributed by atoms with Crippen molar-refractivity contribution < 1.29 is 23.9 Å². The minimum absolute atomic E-state index is 0.0104. The van der Waals surface area contributed by atoms with Crippen LogP contribution in [0, 0.1) is 0 Å². The molecule has 10 heteroatoms. The van der Waals surface area contributed by atoms with E-state index in [0.29, 0.717) is 43.9 Å². The quantitative estimate of drug-likeness (QED) is 0.103. The Kier molecular flexibility index (Phi) is 10.7. The van der Waals surface area contributed by atoms with Crippen molar-refractivity contribution in [3.63, 3.8) is 0 Å². The fraction of sp³-hybridized carbons (Fsp3) is 0.0938. The summed E-state index contributed by atoms with van der Waals surface area (Å²) in [5.41, 5.74) is 1.87. The fourth-order valence-corrected chi connectivity index (χ4v) is 5.11. The predicted octanol–water partition coefficient (Wildman–Crippen LogP) is 7.40. The summed E-state index contributed by atoms with van der Waals surface area (Å²) < 4.78 is 10.7. The molecule has 0 saturated carbocycles. The molecule has 0 bridgehead atoms. The number of anilines is 1. The van der Waals surface area contributed by atoms with E-state index in [-0.39, 0.29) is 17.2 Å². The Bertz CT molecular complexity index is 1630. The number of nitrogens with one attached hydrogen (secondary N) is 2. The molecule has 0 fully saturated rings. The molecule has 2 N–H and O–H groups in total. The summed E-state index contributed by atoms with van der Waals surface area (Å²) in [7, 11) is 3.05. The zero-order valence-electron chi connectivity index (χ0n) is 22.7. The number of benzene rings is 4. The van der Waals surface area contributed by atoms with Gasteiger partial charge in [0, 0.05) is 38.4 Å². The smallest absolute Gasteiger partial charge is 0.272 e. The molecule has 42 heavy (non-hydrogen) atoms. The summed E-state index contributed by atoms with van der Waals surface area (Å²) in [6.45, 7) is 0. The SMILES string of the molecule is COc1ccc(/C=C(\NC(=O)c2ccccc2)C(=O)Nc2ccc(SCC(=O)c3ccc(Cl)cc3Cl)cc2)c(OC)c1. The van der Waals surface area contributed by atoms with Crippen molar-refractivity contribution in [3.8, 4) is 11.5 Å². The highest BCUT2D eigenvalue weighted by Gasteiger charge is 2.17. The molecule has 0 aromatic heterocycles. The van der Waals surface area contributed by atoms with Crippen molar-refractivity contribution in [1.29, 1.82) is 0 Å². The van der Waals surface area contributed by atoms with E-state index >= 15 is 0 Å². The van der Waals surface area contributed by atoms with Crippen LogP contribution in [0.1, 0.15) is 26.3 Å². The first-order valence-corrected chi connectivity index (χ1v) is 14.3. The van der Waals surface area contributed by atoms with Gasteiger partial charge in [-0.2, -0.15) is 0 Å². The monoisotopic (exact) mass is 620 g/mol. The lowest BCUT2D eigenvalue weighted by Gasteiger charge is -2.13. The number of rotatable bonds is 11. The van der Waals surface area contributed by atoms with Gasteiger partial charge in [0.2, 0.25) is 0 Å². The van der Waals surface area contributed by atoms with Gasteiger partial charge in [0.25, 0.3) is 11.8 Å². The van der Waals surface area contributed by atoms with Crippen LogP contribution in [0.4, 0.5) is 5.69 Å². The lowest BCUT2D eigenvalue weighted by atomic mass is 10.1. The van der Waals surface area contributed by atoms with Crippen LogP contribution >= 0.6 is 35.0 Å². The minimum atomic E-state index is -0.537. The second-order valence-electron chi connectivity index (χ2n) is 8.80. The molecule has 0 aliphatic carbocycles. The van der Waals surface area contributed by atoms with E-state index in [1.54, 1.807) is 92.0 Å². The number of carbonyl (C=O) groups is 3. The van der Waals surface area contributed by atoms with Crippen LogP contribution in [0.15, 0.2) is 102 Å². The first-order valence-electron chi connectivity index (χ1n) is 12.6. The molecular weight excluding hydrogens is 595 g/mol. The second kappa shape index (κ2) is 14.6. The third-order valence-corrected chi connectivity index (χ3v) is 7.54. The van der Waals surface area contributed by atoms with Crippen molar-refractivity contribution in [1.82, 2.24) is 5.32 Å². The number of hydrogen-bond acceptors (Lipinski definition) is 6. The molecule has 2 amide bonds. The van der Waals surface area contributed by atoms with Gasteiger partial charge < -0.3 is 20.1 Å². The maximum absolute atomic E-state index is 13.4. The maximum atomic E-state index is 13.4. The van der Waals surface area contributed by atoms with Gasteiger partial charge in [-0.25, -0.2) is 0 Å². The van der Waals surface area contributed by atoms with Crippen LogP contribution in [0.2, 0.25) is 10.0 Å². The number of ketones is 1. The Morgan fingerprint density at radius 1 is 0.857 bits per heavy atom. The van der Waals surface area contributed by atoms with E-state index in [1.165, 1.54) is 31.0 Å². The standard InChI is InChI=1S/C32H26Cl2N2O5S/c1-40-24-12-8-21(30(18-24)41-2)16-28(36-31(38)20-6-4-3-5-7-20)32(39)35-23-10-13-25(14-11-23)42-19-29(37)26-15-9-22(33)17-27(26)34/h3-18H,19H2,1-2H3,(H,35,39)(H,36,38)/b28-16-. The molecule has 4 aromatic carbocycles. The number of hydrogen-bond donors (Lipinski definition) is 2. The first-order chi connectivity index (χ1) is 20.3. The Hall–Kier alpha value is -4.24. The van der Waals surface area contributed by atoms with Crippen molar-refractivity contribution >= 4 is 64.3 Å².